The number of ketones is 1. The molecule has 1 N–H and O–H groups in total. The second-order valence-corrected chi connectivity index (χ2v) is 7.28. The van der Waals surface area contributed by atoms with E-state index in [4.69, 9.17) is 0 Å². The van der Waals surface area contributed by atoms with Crippen molar-refractivity contribution in [2.24, 2.45) is 5.92 Å². The number of benzene rings is 2. The van der Waals surface area contributed by atoms with E-state index in [9.17, 15) is 14.4 Å². The van der Waals surface area contributed by atoms with Gasteiger partial charge in [-0.1, -0.05) is 38.1 Å². The monoisotopic (exact) mass is 364 g/mol. The smallest absolute Gasteiger partial charge is 0.229 e. The number of carbonyl (C=O) groups is 3. The summed E-state index contributed by atoms with van der Waals surface area (Å²) in [5, 5.41) is 2.90. The number of amides is 2. The lowest BCUT2D eigenvalue weighted by Gasteiger charge is -2.17. The lowest BCUT2D eigenvalue weighted by atomic mass is 10.0. The molecule has 2 amide bonds. The largest absolute Gasteiger partial charge is 0.326 e. The zero-order valence-electron chi connectivity index (χ0n) is 15.9. The molecule has 0 spiro atoms. The summed E-state index contributed by atoms with van der Waals surface area (Å²) in [4.78, 5) is 38.1. The van der Waals surface area contributed by atoms with Gasteiger partial charge in [0, 0.05) is 29.9 Å². The summed E-state index contributed by atoms with van der Waals surface area (Å²) < 4.78 is 0. The third-order valence-electron chi connectivity index (χ3n) is 4.91. The van der Waals surface area contributed by atoms with Crippen molar-refractivity contribution in [1.82, 2.24) is 0 Å². The quantitative estimate of drug-likeness (QED) is 0.816. The number of hydrogen-bond donors (Lipinski definition) is 1. The van der Waals surface area contributed by atoms with Crippen molar-refractivity contribution in [3.63, 3.8) is 0 Å². The van der Waals surface area contributed by atoms with E-state index in [2.05, 4.69) is 19.2 Å². The molecule has 5 heteroatoms. The Morgan fingerprint density at radius 2 is 1.81 bits per heavy atom. The van der Waals surface area contributed by atoms with Crippen LogP contribution < -0.4 is 10.2 Å². The average molecular weight is 364 g/mol. The molecular formula is C22H24N2O3. The second-order valence-electron chi connectivity index (χ2n) is 7.28. The highest BCUT2D eigenvalue weighted by atomic mass is 16.2. The van der Waals surface area contributed by atoms with Crippen LogP contribution in [0, 0.1) is 5.92 Å². The third-order valence-corrected chi connectivity index (χ3v) is 4.91. The van der Waals surface area contributed by atoms with Crippen molar-refractivity contribution in [3.05, 3.63) is 59.7 Å². The number of Topliss-reactive ketones (excluding diaryl/α,β-unsaturated/α-hetero) is 1. The predicted molar refractivity (Wildman–Crippen MR) is 106 cm³/mol. The van der Waals surface area contributed by atoms with Crippen LogP contribution >= 0.6 is 0 Å². The number of carbonyl (C=O) groups excluding carboxylic acids is 3. The van der Waals surface area contributed by atoms with E-state index < -0.39 is 5.92 Å². The Morgan fingerprint density at radius 3 is 2.44 bits per heavy atom. The summed E-state index contributed by atoms with van der Waals surface area (Å²) in [5.74, 6) is -0.302. The zero-order chi connectivity index (χ0) is 19.6. The number of hydrogen-bond acceptors (Lipinski definition) is 3. The number of nitrogens with zero attached hydrogens (tertiary/aromatic N) is 1. The molecule has 0 saturated carbocycles. The van der Waals surface area contributed by atoms with E-state index in [1.165, 1.54) is 12.5 Å². The average Bonchev–Trinajstić information content (AvgIpc) is 3.04. The lowest BCUT2D eigenvalue weighted by Crippen LogP contribution is -2.28. The molecule has 27 heavy (non-hydrogen) atoms. The fourth-order valence-electron chi connectivity index (χ4n) is 3.22. The molecule has 2 aromatic carbocycles. The molecule has 1 saturated heterocycles. The minimum atomic E-state index is -0.414. The molecule has 0 aliphatic carbocycles. The van der Waals surface area contributed by atoms with Crippen LogP contribution in [-0.4, -0.2) is 24.1 Å². The number of anilines is 2. The van der Waals surface area contributed by atoms with Gasteiger partial charge >= 0.3 is 0 Å². The van der Waals surface area contributed by atoms with Crippen molar-refractivity contribution in [2.45, 2.75) is 33.1 Å². The van der Waals surface area contributed by atoms with Gasteiger partial charge in [-0.15, -0.1) is 0 Å². The maximum atomic E-state index is 12.6. The number of rotatable bonds is 5. The van der Waals surface area contributed by atoms with Gasteiger partial charge in [-0.05, 0) is 42.7 Å². The first-order valence-electron chi connectivity index (χ1n) is 9.17. The summed E-state index contributed by atoms with van der Waals surface area (Å²) >= 11 is 0. The second kappa shape index (κ2) is 7.74. The summed E-state index contributed by atoms with van der Waals surface area (Å²) in [7, 11) is 0. The molecule has 1 aliphatic rings. The Balaban J connectivity index is 1.68. The summed E-state index contributed by atoms with van der Waals surface area (Å²) in [6, 6.07) is 14.7. The van der Waals surface area contributed by atoms with Gasteiger partial charge in [0.2, 0.25) is 11.8 Å². The molecule has 0 bridgehead atoms. The van der Waals surface area contributed by atoms with E-state index in [0.717, 1.165) is 5.69 Å². The van der Waals surface area contributed by atoms with Gasteiger partial charge < -0.3 is 10.2 Å². The summed E-state index contributed by atoms with van der Waals surface area (Å²) in [6.07, 6.45) is 0.167. The summed E-state index contributed by atoms with van der Waals surface area (Å²) in [5.41, 5.74) is 3.15. The lowest BCUT2D eigenvalue weighted by molar-refractivity contribution is -0.122. The Morgan fingerprint density at radius 1 is 1.11 bits per heavy atom. The van der Waals surface area contributed by atoms with Gasteiger partial charge in [0.15, 0.2) is 5.78 Å². The highest BCUT2D eigenvalue weighted by Crippen LogP contribution is 2.27. The third kappa shape index (κ3) is 4.25. The fourth-order valence-corrected chi connectivity index (χ4v) is 3.22. The van der Waals surface area contributed by atoms with Crippen molar-refractivity contribution >= 4 is 29.0 Å². The number of nitrogens with one attached hydrogen (secondary N) is 1. The fraction of sp³-hybridized carbons (Fsp3) is 0.318. The molecule has 5 nitrogen and oxygen atoms in total. The standard InChI is InChI=1S/C22H24N2O3/c1-14(2)16-7-9-19(10-8-16)23-22(27)18-12-21(26)24(13-18)20-6-4-5-17(11-20)15(3)25/h4-11,14,18H,12-13H2,1-3H3,(H,23,27). The molecule has 1 fully saturated rings. The van der Waals surface area contributed by atoms with Crippen molar-refractivity contribution in [1.29, 1.82) is 0 Å². The molecule has 0 radical (unpaired) electrons. The van der Waals surface area contributed by atoms with Gasteiger partial charge in [0.05, 0.1) is 5.92 Å². The van der Waals surface area contributed by atoms with Crippen molar-refractivity contribution in [3.8, 4) is 0 Å². The Kier molecular flexibility index (Phi) is 5.40. The molecule has 2 aromatic rings. The first-order chi connectivity index (χ1) is 12.8. The van der Waals surface area contributed by atoms with E-state index >= 15 is 0 Å². The maximum Gasteiger partial charge on any atom is 0.229 e. The van der Waals surface area contributed by atoms with Gasteiger partial charge in [-0.25, -0.2) is 0 Å². The van der Waals surface area contributed by atoms with E-state index in [1.807, 2.05) is 24.3 Å². The molecule has 140 valence electrons. The molecule has 0 aromatic heterocycles. The first kappa shape index (κ1) is 18.8. The van der Waals surface area contributed by atoms with Crippen molar-refractivity contribution in [2.75, 3.05) is 16.8 Å². The van der Waals surface area contributed by atoms with Crippen LogP contribution in [0.5, 0.6) is 0 Å². The highest BCUT2D eigenvalue weighted by Gasteiger charge is 2.35. The summed E-state index contributed by atoms with van der Waals surface area (Å²) in [6.45, 7) is 6.04. The SMILES string of the molecule is CC(=O)c1cccc(N2CC(C(=O)Nc3ccc(C(C)C)cc3)CC2=O)c1. The Hall–Kier alpha value is -2.95. The van der Waals surface area contributed by atoms with E-state index in [1.54, 1.807) is 29.2 Å². The van der Waals surface area contributed by atoms with Crippen LogP contribution in [0.2, 0.25) is 0 Å². The van der Waals surface area contributed by atoms with Gasteiger partial charge in [-0.3, -0.25) is 14.4 Å². The molecule has 1 heterocycles. The zero-order valence-corrected chi connectivity index (χ0v) is 15.9. The Labute approximate surface area is 159 Å². The maximum absolute atomic E-state index is 12.6. The van der Waals surface area contributed by atoms with E-state index in [0.29, 0.717) is 23.7 Å². The van der Waals surface area contributed by atoms with Crippen LogP contribution in [-0.2, 0) is 9.59 Å². The molecule has 1 aliphatic heterocycles. The minimum absolute atomic E-state index is 0.0531. The van der Waals surface area contributed by atoms with Crippen LogP contribution in [0.3, 0.4) is 0 Å². The molecule has 3 rings (SSSR count). The van der Waals surface area contributed by atoms with Crippen molar-refractivity contribution < 1.29 is 14.4 Å². The molecule has 1 atom stereocenters. The molecule has 1 unspecified atom stereocenters. The van der Waals surface area contributed by atoms with Crippen LogP contribution in [0.25, 0.3) is 0 Å². The normalized spacial score (nSPS) is 16.7. The van der Waals surface area contributed by atoms with Crippen LogP contribution in [0.4, 0.5) is 11.4 Å². The Bertz CT molecular complexity index is 871. The van der Waals surface area contributed by atoms with Crippen LogP contribution in [0.15, 0.2) is 48.5 Å². The van der Waals surface area contributed by atoms with E-state index in [-0.39, 0.29) is 24.0 Å². The highest BCUT2D eigenvalue weighted by molar-refractivity contribution is 6.04. The van der Waals surface area contributed by atoms with Gasteiger partial charge in [0.1, 0.15) is 0 Å². The first-order valence-corrected chi connectivity index (χ1v) is 9.17. The minimum Gasteiger partial charge on any atom is -0.326 e. The molecular weight excluding hydrogens is 340 g/mol. The topological polar surface area (TPSA) is 66.5 Å². The predicted octanol–water partition coefficient (Wildman–Crippen LogP) is 4.00. The van der Waals surface area contributed by atoms with Gasteiger partial charge in [-0.2, -0.15) is 0 Å². The van der Waals surface area contributed by atoms with Crippen LogP contribution in [0.1, 0.15) is 49.0 Å². The van der Waals surface area contributed by atoms with Gasteiger partial charge in [0.25, 0.3) is 0 Å².